The lowest BCUT2D eigenvalue weighted by molar-refractivity contribution is 0.0532. The van der Waals surface area contributed by atoms with Crippen molar-refractivity contribution in [3.05, 3.63) is 29.8 Å². The zero-order chi connectivity index (χ0) is 22.0. The van der Waals surface area contributed by atoms with Crippen molar-refractivity contribution in [3.8, 4) is 5.75 Å². The Bertz CT molecular complexity index is 653. The van der Waals surface area contributed by atoms with Crippen molar-refractivity contribution in [2.24, 2.45) is 4.99 Å². The maximum absolute atomic E-state index is 6.11. The topological polar surface area (TPSA) is 58.1 Å². The second-order valence-corrected chi connectivity index (χ2v) is 9.20. The summed E-state index contributed by atoms with van der Waals surface area (Å²) in [4.78, 5) is 7.33. The third-order valence-corrected chi connectivity index (χ3v) is 4.93. The van der Waals surface area contributed by atoms with Crippen LogP contribution in [0.15, 0.2) is 29.3 Å². The second-order valence-electron chi connectivity index (χ2n) is 9.20. The molecule has 0 radical (unpaired) electrons. The van der Waals surface area contributed by atoms with Crippen LogP contribution in [0.25, 0.3) is 0 Å². The average molecular weight is 547 g/mol. The first-order chi connectivity index (χ1) is 14.3. The van der Waals surface area contributed by atoms with E-state index in [1.165, 1.54) is 0 Å². The maximum atomic E-state index is 6.11. The fourth-order valence-electron chi connectivity index (χ4n) is 3.46. The summed E-state index contributed by atoms with van der Waals surface area (Å²) in [6.07, 6.45) is 2.55. The van der Waals surface area contributed by atoms with Gasteiger partial charge >= 0.3 is 0 Å². The summed E-state index contributed by atoms with van der Waals surface area (Å²) < 4.78 is 11.8. The normalized spacial score (nSPS) is 16.2. The Labute approximate surface area is 206 Å². The van der Waals surface area contributed by atoms with E-state index in [0.717, 1.165) is 62.9 Å². The van der Waals surface area contributed by atoms with Gasteiger partial charge in [-0.15, -0.1) is 24.0 Å². The van der Waals surface area contributed by atoms with Gasteiger partial charge < -0.3 is 25.0 Å². The number of guanidine groups is 1. The molecule has 31 heavy (non-hydrogen) atoms. The third kappa shape index (κ3) is 11.4. The summed E-state index contributed by atoms with van der Waals surface area (Å²) in [5, 5.41) is 7.02. The monoisotopic (exact) mass is 546 g/mol. The van der Waals surface area contributed by atoms with Gasteiger partial charge in [0.05, 0.1) is 19.3 Å². The van der Waals surface area contributed by atoms with E-state index in [9.17, 15) is 0 Å². The van der Waals surface area contributed by atoms with Crippen LogP contribution in [-0.4, -0.2) is 61.4 Å². The molecule has 0 bridgehead atoms. The molecule has 0 amide bonds. The molecular formula is C24H43IN4O2. The van der Waals surface area contributed by atoms with E-state index in [1.54, 1.807) is 0 Å². The minimum Gasteiger partial charge on any atom is -0.488 e. The minimum absolute atomic E-state index is 0. The molecule has 0 aliphatic carbocycles. The Morgan fingerprint density at radius 1 is 1.19 bits per heavy atom. The van der Waals surface area contributed by atoms with Gasteiger partial charge in [0.15, 0.2) is 5.96 Å². The van der Waals surface area contributed by atoms with Crippen molar-refractivity contribution in [2.75, 3.05) is 32.8 Å². The number of piperidine rings is 1. The first-order valence-corrected chi connectivity index (χ1v) is 11.4. The van der Waals surface area contributed by atoms with E-state index in [4.69, 9.17) is 14.5 Å². The zero-order valence-electron chi connectivity index (χ0n) is 20.2. The lowest BCUT2D eigenvalue weighted by Gasteiger charge is -2.33. The van der Waals surface area contributed by atoms with Crippen LogP contribution in [0.4, 0.5) is 0 Å². The molecule has 0 aromatic heterocycles. The number of nitrogens with one attached hydrogen (secondary N) is 2. The number of hydrogen-bond acceptors (Lipinski definition) is 4. The number of nitrogens with zero attached hydrogens (tertiary/aromatic N) is 2. The SMILES string of the molecule is CCNC(=NCc1ccccc1OC(C)(C)C)NC1CCN(CCOC(C)C)CC1.I. The molecule has 2 rings (SSSR count). The molecule has 0 spiro atoms. The highest BCUT2D eigenvalue weighted by Crippen LogP contribution is 2.23. The number of aliphatic imine (C=N–C) groups is 1. The number of halogens is 1. The molecule has 2 N–H and O–H groups in total. The first-order valence-electron chi connectivity index (χ1n) is 11.4. The molecule has 1 aliphatic heterocycles. The van der Waals surface area contributed by atoms with Crippen molar-refractivity contribution in [1.29, 1.82) is 0 Å². The molecule has 0 saturated carbocycles. The molecule has 1 aromatic rings. The molecule has 0 unspecified atom stereocenters. The van der Waals surface area contributed by atoms with E-state index >= 15 is 0 Å². The predicted octanol–water partition coefficient (Wildman–Crippen LogP) is 4.43. The number of ether oxygens (including phenoxy) is 2. The minimum atomic E-state index is -0.225. The first kappa shape index (κ1) is 28.0. The van der Waals surface area contributed by atoms with E-state index in [1.807, 2.05) is 18.2 Å². The highest BCUT2D eigenvalue weighted by Gasteiger charge is 2.20. The van der Waals surface area contributed by atoms with Crippen LogP contribution in [-0.2, 0) is 11.3 Å². The molecule has 0 atom stereocenters. The largest absolute Gasteiger partial charge is 0.488 e. The van der Waals surface area contributed by atoms with Crippen LogP contribution in [0.3, 0.4) is 0 Å². The number of hydrogen-bond donors (Lipinski definition) is 2. The fourth-order valence-corrected chi connectivity index (χ4v) is 3.46. The zero-order valence-corrected chi connectivity index (χ0v) is 22.6. The van der Waals surface area contributed by atoms with Crippen LogP contribution in [0.2, 0.25) is 0 Å². The summed E-state index contributed by atoms with van der Waals surface area (Å²) in [7, 11) is 0. The fraction of sp³-hybridized carbons (Fsp3) is 0.708. The highest BCUT2D eigenvalue weighted by atomic mass is 127. The number of rotatable bonds is 9. The molecule has 6 nitrogen and oxygen atoms in total. The maximum Gasteiger partial charge on any atom is 0.191 e. The molecule has 178 valence electrons. The van der Waals surface area contributed by atoms with E-state index in [2.05, 4.69) is 63.1 Å². The molecule has 1 aromatic carbocycles. The van der Waals surface area contributed by atoms with E-state index in [-0.39, 0.29) is 29.6 Å². The molecule has 1 saturated heterocycles. The summed E-state index contributed by atoms with van der Waals surface area (Å²) >= 11 is 0. The third-order valence-electron chi connectivity index (χ3n) is 4.93. The van der Waals surface area contributed by atoms with Gasteiger partial charge in [-0.25, -0.2) is 4.99 Å². The lowest BCUT2D eigenvalue weighted by atomic mass is 10.1. The average Bonchev–Trinajstić information content (AvgIpc) is 2.67. The lowest BCUT2D eigenvalue weighted by Crippen LogP contribution is -2.49. The van der Waals surface area contributed by atoms with Crippen molar-refractivity contribution in [2.45, 2.75) is 78.7 Å². The molecule has 1 fully saturated rings. The van der Waals surface area contributed by atoms with Gasteiger partial charge in [0, 0.05) is 37.8 Å². The van der Waals surface area contributed by atoms with Crippen LogP contribution < -0.4 is 15.4 Å². The van der Waals surface area contributed by atoms with Crippen molar-refractivity contribution in [1.82, 2.24) is 15.5 Å². The highest BCUT2D eigenvalue weighted by molar-refractivity contribution is 14.0. The van der Waals surface area contributed by atoms with Gasteiger partial charge in [-0.2, -0.15) is 0 Å². The molecule has 1 heterocycles. The number of para-hydroxylation sites is 1. The Morgan fingerprint density at radius 2 is 1.87 bits per heavy atom. The van der Waals surface area contributed by atoms with Crippen molar-refractivity contribution >= 4 is 29.9 Å². The van der Waals surface area contributed by atoms with Crippen LogP contribution >= 0.6 is 24.0 Å². The van der Waals surface area contributed by atoms with Crippen molar-refractivity contribution in [3.63, 3.8) is 0 Å². The smallest absolute Gasteiger partial charge is 0.191 e. The molecule has 1 aliphatic rings. The predicted molar refractivity (Wildman–Crippen MR) is 141 cm³/mol. The van der Waals surface area contributed by atoms with Gasteiger partial charge in [0.2, 0.25) is 0 Å². The summed E-state index contributed by atoms with van der Waals surface area (Å²) in [6.45, 7) is 18.0. The van der Waals surface area contributed by atoms with Gasteiger partial charge in [-0.3, -0.25) is 0 Å². The van der Waals surface area contributed by atoms with Gasteiger partial charge in [-0.05, 0) is 60.5 Å². The van der Waals surface area contributed by atoms with Crippen LogP contribution in [0, 0.1) is 0 Å². The number of benzene rings is 1. The van der Waals surface area contributed by atoms with Crippen molar-refractivity contribution < 1.29 is 9.47 Å². The summed E-state index contributed by atoms with van der Waals surface area (Å²) in [5.74, 6) is 1.78. The van der Waals surface area contributed by atoms with Crippen LogP contribution in [0.5, 0.6) is 5.75 Å². The Balaban J connectivity index is 0.00000480. The van der Waals surface area contributed by atoms with Gasteiger partial charge in [0.1, 0.15) is 11.4 Å². The van der Waals surface area contributed by atoms with Crippen LogP contribution in [0.1, 0.15) is 59.9 Å². The Morgan fingerprint density at radius 3 is 2.48 bits per heavy atom. The summed E-state index contributed by atoms with van der Waals surface area (Å²) in [6, 6.07) is 8.62. The van der Waals surface area contributed by atoms with E-state index < -0.39 is 0 Å². The van der Waals surface area contributed by atoms with Gasteiger partial charge in [0.25, 0.3) is 0 Å². The Hall–Kier alpha value is -1.06. The second kappa shape index (κ2) is 14.2. The van der Waals surface area contributed by atoms with Gasteiger partial charge in [-0.1, -0.05) is 18.2 Å². The molecular weight excluding hydrogens is 503 g/mol. The summed E-state index contributed by atoms with van der Waals surface area (Å²) in [5.41, 5.74) is 0.876. The number of likely N-dealkylation sites (tertiary alicyclic amines) is 1. The van der Waals surface area contributed by atoms with E-state index in [0.29, 0.717) is 18.7 Å². The molecule has 7 heteroatoms. The quantitative estimate of drug-likeness (QED) is 0.273. The standard InChI is InChI=1S/C24H42N4O2.HI/c1-7-25-23(26-18-20-10-8-9-11-22(20)30-24(4,5)6)27-21-12-14-28(15-13-21)16-17-29-19(2)3;/h8-11,19,21H,7,12-18H2,1-6H3,(H2,25,26,27);1H. The Kier molecular flexibility index (Phi) is 12.8.